The van der Waals surface area contributed by atoms with Crippen LogP contribution < -0.4 is 0 Å². The molecule has 0 amide bonds. The van der Waals surface area contributed by atoms with Crippen molar-refractivity contribution in [1.29, 1.82) is 0 Å². The largest absolute Gasteiger partial charge is 0.455 e. The first-order chi connectivity index (χ1) is 25.3. The fourth-order valence-corrected chi connectivity index (χ4v) is 7.21. The van der Waals surface area contributed by atoms with Gasteiger partial charge in [-0.25, -0.2) is 15.0 Å². The summed E-state index contributed by atoms with van der Waals surface area (Å²) >= 11 is 0. The molecule has 0 atom stereocenters. The zero-order valence-electron chi connectivity index (χ0n) is 27.5. The van der Waals surface area contributed by atoms with Crippen molar-refractivity contribution in [3.8, 4) is 56.4 Å². The molecule has 0 saturated carbocycles. The second-order valence-corrected chi connectivity index (χ2v) is 12.8. The van der Waals surface area contributed by atoms with E-state index in [2.05, 4.69) is 140 Å². The van der Waals surface area contributed by atoms with Crippen LogP contribution in [0.1, 0.15) is 0 Å². The van der Waals surface area contributed by atoms with E-state index < -0.39 is 0 Å². The third kappa shape index (κ3) is 5.04. The summed E-state index contributed by atoms with van der Waals surface area (Å²) < 4.78 is 6.69. The topological polar surface area (TPSA) is 51.8 Å². The van der Waals surface area contributed by atoms with Crippen LogP contribution in [0.2, 0.25) is 0 Å². The normalized spacial score (nSPS) is 11.5. The van der Waals surface area contributed by atoms with E-state index in [1.807, 2.05) is 36.4 Å². The maximum absolute atomic E-state index is 6.69. The number of aromatic nitrogens is 3. The van der Waals surface area contributed by atoms with Gasteiger partial charge in [-0.2, -0.15) is 0 Å². The fourth-order valence-electron chi connectivity index (χ4n) is 7.21. The number of hydrogen-bond acceptors (Lipinski definition) is 4. The first-order valence-electron chi connectivity index (χ1n) is 17.1. The highest BCUT2D eigenvalue weighted by Gasteiger charge is 2.20. The third-order valence-corrected chi connectivity index (χ3v) is 9.72. The molecule has 0 spiro atoms. The van der Waals surface area contributed by atoms with Gasteiger partial charge in [0.15, 0.2) is 17.5 Å². The molecule has 4 heteroatoms. The zero-order valence-corrected chi connectivity index (χ0v) is 27.5. The van der Waals surface area contributed by atoms with Gasteiger partial charge in [-0.15, -0.1) is 0 Å². The number of rotatable bonds is 5. The van der Waals surface area contributed by atoms with Crippen molar-refractivity contribution in [3.05, 3.63) is 176 Å². The highest BCUT2D eigenvalue weighted by molar-refractivity contribution is 6.22. The number of nitrogens with zero attached hydrogens (tertiary/aromatic N) is 3. The lowest BCUT2D eigenvalue weighted by Gasteiger charge is -2.12. The Kier molecular flexibility index (Phi) is 6.78. The molecule has 0 aliphatic carbocycles. The Morgan fingerprint density at radius 2 is 0.902 bits per heavy atom. The van der Waals surface area contributed by atoms with Crippen LogP contribution in [0.25, 0.3) is 99.9 Å². The van der Waals surface area contributed by atoms with Gasteiger partial charge in [0.2, 0.25) is 0 Å². The Labute approximate surface area is 294 Å². The van der Waals surface area contributed by atoms with Crippen LogP contribution in [-0.4, -0.2) is 15.0 Å². The molecule has 0 radical (unpaired) electrons. The minimum Gasteiger partial charge on any atom is -0.455 e. The summed E-state index contributed by atoms with van der Waals surface area (Å²) in [7, 11) is 0. The molecule has 10 aromatic rings. The van der Waals surface area contributed by atoms with E-state index >= 15 is 0 Å². The van der Waals surface area contributed by atoms with Gasteiger partial charge in [0.1, 0.15) is 11.2 Å². The van der Waals surface area contributed by atoms with Crippen LogP contribution in [0.3, 0.4) is 0 Å². The number of fused-ring (bicyclic) bond motifs is 6. The monoisotopic (exact) mass is 651 g/mol. The summed E-state index contributed by atoms with van der Waals surface area (Å²) in [6, 6.07) is 61.0. The van der Waals surface area contributed by atoms with Gasteiger partial charge >= 0.3 is 0 Å². The summed E-state index contributed by atoms with van der Waals surface area (Å²) in [5, 5.41) is 6.55. The molecule has 2 aromatic heterocycles. The molecule has 0 unspecified atom stereocenters. The molecule has 238 valence electrons. The molecule has 51 heavy (non-hydrogen) atoms. The van der Waals surface area contributed by atoms with E-state index in [1.165, 1.54) is 16.3 Å². The highest BCUT2D eigenvalue weighted by Crippen LogP contribution is 2.43. The van der Waals surface area contributed by atoms with Gasteiger partial charge < -0.3 is 4.42 Å². The molecule has 0 aliphatic heterocycles. The quantitative estimate of drug-likeness (QED) is 0.186. The predicted molar refractivity (Wildman–Crippen MR) is 209 cm³/mol. The van der Waals surface area contributed by atoms with Crippen molar-refractivity contribution in [2.45, 2.75) is 0 Å². The van der Waals surface area contributed by atoms with Crippen molar-refractivity contribution in [1.82, 2.24) is 15.0 Å². The van der Waals surface area contributed by atoms with Crippen molar-refractivity contribution < 1.29 is 4.42 Å². The minimum atomic E-state index is 0.613. The van der Waals surface area contributed by atoms with Crippen molar-refractivity contribution >= 4 is 43.5 Å². The van der Waals surface area contributed by atoms with E-state index in [0.29, 0.717) is 17.5 Å². The summed E-state index contributed by atoms with van der Waals surface area (Å²) in [5.74, 6) is 1.86. The summed E-state index contributed by atoms with van der Waals surface area (Å²) in [4.78, 5) is 15.4. The number of furan rings is 1. The van der Waals surface area contributed by atoms with Crippen LogP contribution in [0.15, 0.2) is 180 Å². The molecule has 0 fully saturated rings. The van der Waals surface area contributed by atoms with E-state index in [1.54, 1.807) is 0 Å². The maximum Gasteiger partial charge on any atom is 0.164 e. The van der Waals surface area contributed by atoms with Gasteiger partial charge in [-0.3, -0.25) is 0 Å². The van der Waals surface area contributed by atoms with Gasteiger partial charge in [0, 0.05) is 32.8 Å². The number of hydrogen-bond donors (Lipinski definition) is 0. The molecule has 4 nitrogen and oxygen atoms in total. The Hall–Kier alpha value is -6.91. The zero-order chi connectivity index (χ0) is 33.7. The average Bonchev–Trinajstić information content (AvgIpc) is 3.60. The smallest absolute Gasteiger partial charge is 0.164 e. The van der Waals surface area contributed by atoms with Crippen molar-refractivity contribution in [2.75, 3.05) is 0 Å². The van der Waals surface area contributed by atoms with Crippen LogP contribution >= 0.6 is 0 Å². The van der Waals surface area contributed by atoms with Crippen LogP contribution in [0, 0.1) is 0 Å². The Bertz CT molecular complexity index is 2900. The van der Waals surface area contributed by atoms with Gasteiger partial charge in [0.25, 0.3) is 0 Å². The Morgan fingerprint density at radius 3 is 1.67 bits per heavy atom. The standard InChI is InChI=1S/C47H29N3O/c1-3-12-30(13-4-1)32-22-25-34(26-23-32)46-48-45(33-15-5-2-6-16-33)49-47(50-46)40-29-41-43-37(36-27-24-31-14-7-8-17-35(31)28-36)20-11-21-42(43)51-44(41)39-19-10-9-18-38(39)40/h1-29H. The SMILES string of the molecule is c1ccc(-c2ccc(-c3nc(-c4ccccc4)nc(-c4cc5c(oc6cccc(-c7ccc8ccccc8c7)c65)c5ccccc45)n3)cc2)cc1. The molecule has 0 N–H and O–H groups in total. The predicted octanol–water partition coefficient (Wildman–Crippen LogP) is 12.4. The van der Waals surface area contributed by atoms with E-state index in [9.17, 15) is 0 Å². The van der Waals surface area contributed by atoms with Gasteiger partial charge in [-0.05, 0) is 56.6 Å². The van der Waals surface area contributed by atoms with E-state index in [4.69, 9.17) is 19.4 Å². The first-order valence-corrected chi connectivity index (χ1v) is 17.1. The molecule has 0 saturated heterocycles. The van der Waals surface area contributed by atoms with Gasteiger partial charge in [0.05, 0.1) is 0 Å². The molecule has 2 heterocycles. The third-order valence-electron chi connectivity index (χ3n) is 9.72. The second-order valence-electron chi connectivity index (χ2n) is 12.8. The second kappa shape index (κ2) is 11.9. The lowest BCUT2D eigenvalue weighted by Crippen LogP contribution is -2.00. The lowest BCUT2D eigenvalue weighted by molar-refractivity contribution is 0.673. The summed E-state index contributed by atoms with van der Waals surface area (Å²) in [6.45, 7) is 0. The molecule has 8 aromatic carbocycles. The Balaban J connectivity index is 1.21. The first kappa shape index (κ1) is 29.0. The van der Waals surface area contributed by atoms with Crippen molar-refractivity contribution in [3.63, 3.8) is 0 Å². The van der Waals surface area contributed by atoms with Gasteiger partial charge in [-0.1, -0.05) is 158 Å². The average molecular weight is 652 g/mol. The van der Waals surface area contributed by atoms with Crippen LogP contribution in [0.5, 0.6) is 0 Å². The Morgan fingerprint density at radius 1 is 0.333 bits per heavy atom. The molecule has 10 rings (SSSR count). The van der Waals surface area contributed by atoms with E-state index in [0.717, 1.165) is 66.1 Å². The summed E-state index contributed by atoms with van der Waals surface area (Å²) in [5.41, 5.74) is 9.06. The molecular weight excluding hydrogens is 623 g/mol. The van der Waals surface area contributed by atoms with Crippen molar-refractivity contribution in [2.24, 2.45) is 0 Å². The van der Waals surface area contributed by atoms with Crippen LogP contribution in [-0.2, 0) is 0 Å². The lowest BCUT2D eigenvalue weighted by atomic mass is 9.94. The highest BCUT2D eigenvalue weighted by atomic mass is 16.3. The summed E-state index contributed by atoms with van der Waals surface area (Å²) in [6.07, 6.45) is 0. The fraction of sp³-hybridized carbons (Fsp3) is 0. The maximum atomic E-state index is 6.69. The van der Waals surface area contributed by atoms with E-state index in [-0.39, 0.29) is 0 Å². The molecule has 0 bridgehead atoms. The molecular formula is C47H29N3O. The molecule has 0 aliphatic rings. The minimum absolute atomic E-state index is 0.613. The number of benzene rings is 8. The van der Waals surface area contributed by atoms with Crippen LogP contribution in [0.4, 0.5) is 0 Å².